The van der Waals surface area contributed by atoms with E-state index in [0.717, 1.165) is 64.2 Å². The number of carbonyl (C=O) groups is 2. The lowest BCUT2D eigenvalue weighted by molar-refractivity contribution is -0.305. The van der Waals surface area contributed by atoms with Gasteiger partial charge >= 0.3 is 11.9 Å². The molecule has 1 saturated heterocycles. The first-order valence-corrected chi connectivity index (χ1v) is 21.9. The summed E-state index contributed by atoms with van der Waals surface area (Å²) >= 11 is 0. The largest absolute Gasteiger partial charge is 0.462 e. The highest BCUT2D eigenvalue weighted by Gasteiger charge is 2.44. The van der Waals surface area contributed by atoms with Crippen LogP contribution in [-0.4, -0.2) is 89.0 Å². The van der Waals surface area contributed by atoms with Crippen LogP contribution in [0.3, 0.4) is 0 Å². The fourth-order valence-electron chi connectivity index (χ4n) is 6.53. The van der Waals surface area contributed by atoms with E-state index in [1.165, 1.54) is 83.5 Å². The van der Waals surface area contributed by atoms with Crippen molar-refractivity contribution in [1.29, 1.82) is 0 Å². The number of rotatable bonds is 36. The van der Waals surface area contributed by atoms with E-state index in [9.17, 15) is 30.0 Å². The Morgan fingerprint density at radius 2 is 0.981 bits per heavy atom. The SMILES string of the molecule is CCCCCCC/C=C/CCCCCCCC(=O)OC[C@H](CO[C@@H]1O[C@H](CO)[C@H](O)C(O)C1O)OC(=O)CCCCCCC/C=C/CCCCCCCC. The monoisotopic (exact) mass is 769 g/mol. The molecule has 1 aliphatic heterocycles. The van der Waals surface area contributed by atoms with Crippen molar-refractivity contribution in [3.8, 4) is 0 Å². The molecule has 1 fully saturated rings. The van der Waals surface area contributed by atoms with E-state index in [0.29, 0.717) is 12.8 Å². The maximum Gasteiger partial charge on any atom is 0.306 e. The molecule has 0 aromatic heterocycles. The average Bonchev–Trinajstić information content (AvgIpc) is 3.17. The highest BCUT2D eigenvalue weighted by atomic mass is 16.7. The van der Waals surface area contributed by atoms with E-state index >= 15 is 0 Å². The van der Waals surface area contributed by atoms with Crippen LogP contribution < -0.4 is 0 Å². The predicted octanol–water partition coefficient (Wildman–Crippen LogP) is 8.94. The van der Waals surface area contributed by atoms with E-state index in [1.807, 2.05) is 0 Å². The first-order chi connectivity index (χ1) is 26.3. The van der Waals surface area contributed by atoms with Crippen molar-refractivity contribution >= 4 is 11.9 Å². The number of aliphatic hydroxyl groups is 4. The van der Waals surface area contributed by atoms with Gasteiger partial charge < -0.3 is 39.4 Å². The highest BCUT2D eigenvalue weighted by molar-refractivity contribution is 5.70. The Balaban J connectivity index is 2.36. The Bertz CT molecular complexity index is 938. The molecule has 0 saturated carbocycles. The molecule has 1 aliphatic rings. The molecule has 0 bridgehead atoms. The highest BCUT2D eigenvalue weighted by Crippen LogP contribution is 2.22. The van der Waals surface area contributed by atoms with Crippen molar-refractivity contribution in [2.24, 2.45) is 0 Å². The molecule has 0 amide bonds. The summed E-state index contributed by atoms with van der Waals surface area (Å²) in [6.45, 7) is 3.39. The van der Waals surface area contributed by atoms with Gasteiger partial charge in [0, 0.05) is 12.8 Å². The third-order valence-corrected chi connectivity index (χ3v) is 10.1. The van der Waals surface area contributed by atoms with Crippen LogP contribution >= 0.6 is 0 Å². The minimum Gasteiger partial charge on any atom is -0.462 e. The number of hydrogen-bond donors (Lipinski definition) is 4. The zero-order valence-electron chi connectivity index (χ0n) is 34.2. The molecule has 54 heavy (non-hydrogen) atoms. The summed E-state index contributed by atoms with van der Waals surface area (Å²) in [6, 6.07) is 0. The van der Waals surface area contributed by atoms with Crippen LogP contribution in [0.4, 0.5) is 0 Å². The molecule has 0 aromatic carbocycles. The van der Waals surface area contributed by atoms with Crippen LogP contribution in [0.2, 0.25) is 0 Å². The van der Waals surface area contributed by atoms with Crippen LogP contribution in [0, 0.1) is 0 Å². The Labute approximate surface area is 328 Å². The van der Waals surface area contributed by atoms with Gasteiger partial charge in [-0.1, -0.05) is 134 Å². The molecule has 10 nitrogen and oxygen atoms in total. The summed E-state index contributed by atoms with van der Waals surface area (Å²) in [6.07, 6.45) is 30.4. The summed E-state index contributed by atoms with van der Waals surface area (Å²) in [5, 5.41) is 40.0. The number of aliphatic hydroxyl groups excluding tert-OH is 4. The van der Waals surface area contributed by atoms with Gasteiger partial charge in [0.25, 0.3) is 0 Å². The lowest BCUT2D eigenvalue weighted by atomic mass is 9.99. The van der Waals surface area contributed by atoms with Crippen LogP contribution in [0.25, 0.3) is 0 Å². The fraction of sp³-hybridized carbons (Fsp3) is 0.864. The topological polar surface area (TPSA) is 152 Å². The second-order valence-corrected chi connectivity index (χ2v) is 15.1. The van der Waals surface area contributed by atoms with Gasteiger partial charge in [-0.3, -0.25) is 9.59 Å². The minimum atomic E-state index is -1.59. The van der Waals surface area contributed by atoms with Gasteiger partial charge in [0.05, 0.1) is 13.2 Å². The number of esters is 2. The number of ether oxygens (including phenoxy) is 4. The van der Waals surface area contributed by atoms with Crippen LogP contribution in [0.15, 0.2) is 24.3 Å². The molecule has 0 spiro atoms. The van der Waals surface area contributed by atoms with Crippen LogP contribution in [-0.2, 0) is 28.5 Å². The van der Waals surface area contributed by atoms with Gasteiger partial charge in [0.15, 0.2) is 12.4 Å². The van der Waals surface area contributed by atoms with E-state index < -0.39 is 49.4 Å². The third kappa shape index (κ3) is 26.9. The molecule has 2 unspecified atom stereocenters. The molecule has 1 heterocycles. The first kappa shape index (κ1) is 50.2. The average molecular weight is 769 g/mol. The van der Waals surface area contributed by atoms with Gasteiger partial charge in [-0.25, -0.2) is 0 Å². The normalized spacial score (nSPS) is 20.9. The fourth-order valence-corrected chi connectivity index (χ4v) is 6.53. The Morgan fingerprint density at radius 3 is 1.44 bits per heavy atom. The lowest BCUT2D eigenvalue weighted by Gasteiger charge is -2.39. The molecular weight excluding hydrogens is 688 g/mol. The first-order valence-electron chi connectivity index (χ1n) is 21.9. The quantitative estimate of drug-likeness (QED) is 0.0276. The second-order valence-electron chi connectivity index (χ2n) is 15.1. The van der Waals surface area contributed by atoms with Crippen molar-refractivity contribution in [1.82, 2.24) is 0 Å². The van der Waals surface area contributed by atoms with E-state index in [4.69, 9.17) is 18.9 Å². The zero-order chi connectivity index (χ0) is 39.5. The zero-order valence-corrected chi connectivity index (χ0v) is 34.2. The van der Waals surface area contributed by atoms with Crippen molar-refractivity contribution < 1.29 is 49.0 Å². The van der Waals surface area contributed by atoms with Crippen molar-refractivity contribution in [2.75, 3.05) is 19.8 Å². The van der Waals surface area contributed by atoms with Crippen LogP contribution in [0.1, 0.15) is 187 Å². The van der Waals surface area contributed by atoms with Crippen molar-refractivity contribution in [3.63, 3.8) is 0 Å². The van der Waals surface area contributed by atoms with E-state index in [-0.39, 0.29) is 32.0 Å². The maximum atomic E-state index is 12.7. The van der Waals surface area contributed by atoms with Gasteiger partial charge in [0.1, 0.15) is 31.0 Å². The van der Waals surface area contributed by atoms with Gasteiger partial charge in [0.2, 0.25) is 0 Å². The minimum absolute atomic E-state index is 0.220. The molecule has 10 heteroatoms. The number of carbonyl (C=O) groups excluding carboxylic acids is 2. The molecule has 0 radical (unpaired) electrons. The maximum absolute atomic E-state index is 12.7. The summed E-state index contributed by atoms with van der Waals surface area (Å²) in [4.78, 5) is 25.3. The summed E-state index contributed by atoms with van der Waals surface area (Å²) in [7, 11) is 0. The summed E-state index contributed by atoms with van der Waals surface area (Å²) < 4.78 is 22.1. The standard InChI is InChI=1S/C44H80O10/c1-3-5-7-9-11-13-15-17-19-21-23-25-27-29-31-33-40(47)53-37(36-52-44-43(50)42(49)41(48)38(34-45)54-44)35-51-39(46)32-30-28-26-24-22-20-18-16-14-12-10-8-6-4-2/h16-19,37-38,41-45,48-50H,3-15,20-36H2,1-2H3/b18-16+,19-17+/t37-,38-,41+,42?,43?,44-/m1/s1. The smallest absolute Gasteiger partial charge is 0.306 e. The van der Waals surface area contributed by atoms with Crippen LogP contribution in [0.5, 0.6) is 0 Å². The Kier molecular flexibility index (Phi) is 33.1. The third-order valence-electron chi connectivity index (χ3n) is 10.1. The molecule has 0 aromatic rings. The number of allylic oxidation sites excluding steroid dienone is 4. The van der Waals surface area contributed by atoms with Crippen molar-refractivity contribution in [2.45, 2.75) is 224 Å². The molecule has 1 rings (SSSR count). The number of hydrogen-bond acceptors (Lipinski definition) is 10. The van der Waals surface area contributed by atoms with Gasteiger partial charge in [-0.2, -0.15) is 0 Å². The summed E-state index contributed by atoms with van der Waals surface area (Å²) in [5.74, 6) is -0.823. The number of unbranched alkanes of at least 4 members (excludes halogenated alkanes) is 21. The van der Waals surface area contributed by atoms with Gasteiger partial charge in [-0.15, -0.1) is 0 Å². The van der Waals surface area contributed by atoms with E-state index in [1.54, 1.807) is 0 Å². The second kappa shape index (κ2) is 35.6. The Hall–Kier alpha value is -1.82. The molecule has 316 valence electrons. The molecule has 6 atom stereocenters. The summed E-state index contributed by atoms with van der Waals surface area (Å²) in [5.41, 5.74) is 0. The predicted molar refractivity (Wildman–Crippen MR) is 215 cm³/mol. The molecule has 0 aliphatic carbocycles. The lowest BCUT2D eigenvalue weighted by Crippen LogP contribution is -2.59. The molecular formula is C44H80O10. The van der Waals surface area contributed by atoms with E-state index in [2.05, 4.69) is 38.2 Å². The Morgan fingerprint density at radius 1 is 0.556 bits per heavy atom. The van der Waals surface area contributed by atoms with Crippen molar-refractivity contribution in [3.05, 3.63) is 24.3 Å². The molecule has 4 N–H and O–H groups in total. The van der Waals surface area contributed by atoms with Gasteiger partial charge in [-0.05, 0) is 64.2 Å².